The van der Waals surface area contributed by atoms with Crippen LogP contribution in [-0.2, 0) is 16.4 Å². The second-order valence-corrected chi connectivity index (χ2v) is 12.4. The Balaban J connectivity index is 1.14. The van der Waals surface area contributed by atoms with Gasteiger partial charge in [-0.3, -0.25) is 14.4 Å². The first kappa shape index (κ1) is 27.1. The van der Waals surface area contributed by atoms with Crippen molar-refractivity contribution in [3.05, 3.63) is 83.4 Å². The number of para-hydroxylation sites is 2. The molecule has 1 aromatic heterocycles. The van der Waals surface area contributed by atoms with E-state index >= 15 is 0 Å². The number of piperazine rings is 1. The molecule has 1 fully saturated rings. The first-order chi connectivity index (χ1) is 18.8. The fourth-order valence-corrected chi connectivity index (χ4v) is 6.84. The Morgan fingerprint density at radius 2 is 1.72 bits per heavy atom. The minimum Gasteiger partial charge on any atom is -0.351 e. The van der Waals surface area contributed by atoms with Crippen molar-refractivity contribution >= 4 is 48.3 Å². The lowest BCUT2D eigenvalue weighted by molar-refractivity contribution is 0.0948. The van der Waals surface area contributed by atoms with Crippen molar-refractivity contribution in [2.24, 2.45) is 0 Å². The van der Waals surface area contributed by atoms with Crippen molar-refractivity contribution < 1.29 is 13.2 Å². The number of fused-ring (bicyclic) bond motifs is 1. The van der Waals surface area contributed by atoms with Crippen LogP contribution >= 0.6 is 11.3 Å². The van der Waals surface area contributed by atoms with Gasteiger partial charge in [0.15, 0.2) is 5.13 Å². The van der Waals surface area contributed by atoms with E-state index in [1.165, 1.54) is 10.3 Å². The van der Waals surface area contributed by atoms with E-state index in [0.717, 1.165) is 55.4 Å². The number of aromatic nitrogens is 1. The Labute approximate surface area is 233 Å². The first-order valence-electron chi connectivity index (χ1n) is 13.2. The molecule has 4 aromatic rings. The van der Waals surface area contributed by atoms with Gasteiger partial charge in [0.1, 0.15) is 0 Å². The van der Waals surface area contributed by atoms with Crippen LogP contribution in [0.2, 0.25) is 0 Å². The van der Waals surface area contributed by atoms with Crippen LogP contribution in [0.1, 0.15) is 28.4 Å². The van der Waals surface area contributed by atoms with Crippen molar-refractivity contribution in [3.63, 3.8) is 0 Å². The Hall–Kier alpha value is -3.47. The highest BCUT2D eigenvalue weighted by Crippen LogP contribution is 2.31. The predicted octanol–water partition coefficient (Wildman–Crippen LogP) is 4.52. The van der Waals surface area contributed by atoms with Crippen LogP contribution in [0.3, 0.4) is 0 Å². The molecule has 2 N–H and O–H groups in total. The number of rotatable bonds is 9. The number of nitrogens with zero attached hydrogens (tertiary/aromatic N) is 3. The van der Waals surface area contributed by atoms with E-state index in [0.29, 0.717) is 12.1 Å². The number of sulfonamides is 1. The SMILES string of the molecule is CCc1cccc2sc(N3CCN(CCNC(=O)c4ccccc4NS(=O)(=O)c4ccc(C)cc4)CC3)nc12. The number of benzene rings is 3. The topological polar surface area (TPSA) is 94.6 Å². The van der Waals surface area contributed by atoms with Crippen molar-refractivity contribution in [2.45, 2.75) is 25.2 Å². The number of hydrogen-bond donors (Lipinski definition) is 2. The normalized spacial score (nSPS) is 14.5. The van der Waals surface area contributed by atoms with Crippen LogP contribution in [-0.4, -0.2) is 63.5 Å². The maximum Gasteiger partial charge on any atom is 0.261 e. The zero-order chi connectivity index (χ0) is 27.4. The standard InChI is InChI=1S/C29H33N5O3S2/c1-3-22-7-6-10-26-27(22)31-29(38-26)34-19-17-33(18-20-34)16-15-30-28(35)24-8-4-5-9-25(24)32-39(36,37)23-13-11-21(2)12-14-23/h4-14,32H,3,15-20H2,1-2H3,(H,30,35). The van der Waals surface area contributed by atoms with Gasteiger partial charge < -0.3 is 10.2 Å². The molecule has 1 aliphatic rings. The number of thiazole rings is 1. The number of aryl methyl sites for hydroxylation is 2. The minimum absolute atomic E-state index is 0.152. The maximum atomic E-state index is 13.0. The third-order valence-corrected chi connectivity index (χ3v) is 9.44. The van der Waals surface area contributed by atoms with Gasteiger partial charge in [-0.15, -0.1) is 0 Å². The zero-order valence-corrected chi connectivity index (χ0v) is 23.8. The van der Waals surface area contributed by atoms with E-state index in [1.54, 1.807) is 59.9 Å². The molecule has 0 atom stereocenters. The van der Waals surface area contributed by atoms with Gasteiger partial charge in [0.05, 0.1) is 26.4 Å². The van der Waals surface area contributed by atoms with E-state index in [1.807, 2.05) is 6.92 Å². The molecule has 1 amide bonds. The molecule has 0 spiro atoms. The van der Waals surface area contributed by atoms with Gasteiger partial charge >= 0.3 is 0 Å². The lowest BCUT2D eigenvalue weighted by Gasteiger charge is -2.34. The second kappa shape index (κ2) is 11.7. The van der Waals surface area contributed by atoms with Gasteiger partial charge in [0.2, 0.25) is 0 Å². The summed E-state index contributed by atoms with van der Waals surface area (Å²) in [5.74, 6) is -0.308. The average Bonchev–Trinajstić information content (AvgIpc) is 3.38. The molecule has 10 heteroatoms. The zero-order valence-electron chi connectivity index (χ0n) is 22.2. The van der Waals surface area contributed by atoms with Crippen LogP contribution in [0.15, 0.2) is 71.6 Å². The molecular weight excluding hydrogens is 530 g/mol. The van der Waals surface area contributed by atoms with E-state index in [-0.39, 0.29) is 16.5 Å². The smallest absolute Gasteiger partial charge is 0.261 e. The monoisotopic (exact) mass is 563 g/mol. The van der Waals surface area contributed by atoms with E-state index in [9.17, 15) is 13.2 Å². The molecule has 1 aliphatic heterocycles. The van der Waals surface area contributed by atoms with Crippen LogP contribution in [0.5, 0.6) is 0 Å². The van der Waals surface area contributed by atoms with Crippen LogP contribution in [0.25, 0.3) is 10.2 Å². The van der Waals surface area contributed by atoms with E-state index in [4.69, 9.17) is 4.98 Å². The van der Waals surface area contributed by atoms with E-state index in [2.05, 4.69) is 45.0 Å². The Bertz CT molecular complexity index is 1560. The third-order valence-electron chi connectivity index (χ3n) is 6.98. The molecule has 3 aromatic carbocycles. The summed E-state index contributed by atoms with van der Waals surface area (Å²) in [7, 11) is -3.81. The molecule has 5 rings (SSSR count). The fourth-order valence-electron chi connectivity index (χ4n) is 4.69. The number of anilines is 2. The van der Waals surface area contributed by atoms with Crippen molar-refractivity contribution in [1.82, 2.24) is 15.2 Å². The highest BCUT2D eigenvalue weighted by atomic mass is 32.2. The number of nitrogens with one attached hydrogen (secondary N) is 2. The number of hydrogen-bond acceptors (Lipinski definition) is 7. The summed E-state index contributed by atoms with van der Waals surface area (Å²) >= 11 is 1.75. The Kier molecular flexibility index (Phi) is 8.15. The highest BCUT2D eigenvalue weighted by molar-refractivity contribution is 7.92. The van der Waals surface area contributed by atoms with Crippen molar-refractivity contribution in [2.75, 3.05) is 48.9 Å². The van der Waals surface area contributed by atoms with Crippen molar-refractivity contribution in [1.29, 1.82) is 0 Å². The highest BCUT2D eigenvalue weighted by Gasteiger charge is 2.21. The molecule has 0 unspecified atom stereocenters. The third kappa shape index (κ3) is 6.24. The average molecular weight is 564 g/mol. The molecule has 0 bridgehead atoms. The van der Waals surface area contributed by atoms with Gasteiger partial charge in [-0.25, -0.2) is 13.4 Å². The molecule has 204 valence electrons. The number of carbonyl (C=O) groups is 1. The van der Waals surface area contributed by atoms with Gasteiger partial charge in [-0.2, -0.15) is 0 Å². The molecule has 0 radical (unpaired) electrons. The van der Waals surface area contributed by atoms with Gasteiger partial charge in [-0.05, 0) is 49.2 Å². The maximum absolute atomic E-state index is 13.0. The summed E-state index contributed by atoms with van der Waals surface area (Å²) in [6.45, 7) is 8.80. The van der Waals surface area contributed by atoms with Crippen LogP contribution in [0, 0.1) is 6.92 Å². The number of amides is 1. The molecule has 39 heavy (non-hydrogen) atoms. The van der Waals surface area contributed by atoms with Gasteiger partial charge in [0, 0.05) is 39.3 Å². The van der Waals surface area contributed by atoms with Crippen molar-refractivity contribution in [3.8, 4) is 0 Å². The summed E-state index contributed by atoms with van der Waals surface area (Å²) in [6.07, 6.45) is 0.975. The first-order valence-corrected chi connectivity index (χ1v) is 15.5. The molecular formula is C29H33N5O3S2. The lowest BCUT2D eigenvalue weighted by atomic mass is 10.1. The molecule has 2 heterocycles. The Morgan fingerprint density at radius 1 is 0.974 bits per heavy atom. The minimum atomic E-state index is -3.81. The molecule has 1 saturated heterocycles. The molecule has 8 nitrogen and oxygen atoms in total. The summed E-state index contributed by atoms with van der Waals surface area (Å²) in [6, 6.07) is 19.7. The van der Waals surface area contributed by atoms with Gasteiger partial charge in [-0.1, -0.05) is 60.2 Å². The predicted molar refractivity (Wildman–Crippen MR) is 158 cm³/mol. The van der Waals surface area contributed by atoms with E-state index < -0.39 is 10.0 Å². The summed E-state index contributed by atoms with van der Waals surface area (Å²) in [5.41, 5.74) is 3.92. The molecule has 0 saturated carbocycles. The lowest BCUT2D eigenvalue weighted by Crippen LogP contribution is -2.48. The largest absolute Gasteiger partial charge is 0.351 e. The fraction of sp³-hybridized carbons (Fsp3) is 0.310. The summed E-state index contributed by atoms with van der Waals surface area (Å²) in [5, 5.41) is 4.03. The molecule has 0 aliphatic carbocycles. The van der Waals surface area contributed by atoms with Crippen LogP contribution in [0.4, 0.5) is 10.8 Å². The second-order valence-electron chi connectivity index (χ2n) is 9.66. The Morgan fingerprint density at radius 3 is 2.46 bits per heavy atom. The summed E-state index contributed by atoms with van der Waals surface area (Å²) < 4.78 is 29.5. The van der Waals surface area contributed by atoms with Gasteiger partial charge in [0.25, 0.3) is 15.9 Å². The quantitative estimate of drug-likeness (QED) is 0.311. The van der Waals surface area contributed by atoms with Crippen LogP contribution < -0.4 is 14.9 Å². The number of carbonyl (C=O) groups excluding carboxylic acids is 1. The summed E-state index contributed by atoms with van der Waals surface area (Å²) in [4.78, 5) is 22.7.